The number of nitrogens with one attached hydrogen (secondary N) is 2. The molecule has 1 heterocycles. The molecule has 16 heavy (non-hydrogen) atoms. The minimum absolute atomic E-state index is 0.706. The number of halogens is 1. The molecule has 2 rings (SSSR count). The number of methoxy groups -OCH3 is 1. The zero-order valence-electron chi connectivity index (χ0n) is 9.22. The fourth-order valence-electron chi connectivity index (χ4n) is 1.67. The zero-order valence-corrected chi connectivity index (χ0v) is 9.97. The minimum Gasteiger partial charge on any atom is -0.383 e. The Morgan fingerprint density at radius 1 is 1.38 bits per heavy atom. The maximum absolute atomic E-state index is 6.27. The lowest BCUT2D eigenvalue weighted by Crippen LogP contribution is -2.18. The molecule has 1 aromatic heterocycles. The first kappa shape index (κ1) is 11.5. The number of ether oxygens (including phenoxy) is 1. The second kappa shape index (κ2) is 5.34. The van der Waals surface area contributed by atoms with Gasteiger partial charge in [0.2, 0.25) is 0 Å². The lowest BCUT2D eigenvalue weighted by atomic mass is 10.2. The number of fused-ring (bicyclic) bond motifs is 1. The van der Waals surface area contributed by atoms with E-state index in [0.29, 0.717) is 6.61 Å². The molecular formula is C12H15ClN2O. The highest BCUT2D eigenvalue weighted by Crippen LogP contribution is 2.26. The number of aromatic nitrogens is 1. The van der Waals surface area contributed by atoms with Gasteiger partial charge in [0.1, 0.15) is 0 Å². The SMILES string of the molecule is COCCNCc1[nH]c2ccccc2c1Cl. The van der Waals surface area contributed by atoms with E-state index in [4.69, 9.17) is 16.3 Å². The average molecular weight is 239 g/mol. The molecule has 0 atom stereocenters. The Kier molecular flexibility index (Phi) is 3.83. The van der Waals surface area contributed by atoms with Gasteiger partial charge in [0.05, 0.1) is 11.6 Å². The number of H-pyrrole nitrogens is 1. The highest BCUT2D eigenvalue weighted by molar-refractivity contribution is 6.36. The molecule has 2 aromatic rings. The Labute approximate surface area is 99.7 Å². The summed E-state index contributed by atoms with van der Waals surface area (Å²) in [6.07, 6.45) is 0. The Morgan fingerprint density at radius 2 is 2.19 bits per heavy atom. The fourth-order valence-corrected chi connectivity index (χ4v) is 1.95. The molecule has 0 saturated heterocycles. The van der Waals surface area contributed by atoms with Crippen LogP contribution in [-0.2, 0) is 11.3 Å². The van der Waals surface area contributed by atoms with E-state index in [1.807, 2.05) is 24.3 Å². The third-order valence-electron chi connectivity index (χ3n) is 2.50. The zero-order chi connectivity index (χ0) is 11.4. The smallest absolute Gasteiger partial charge is 0.0705 e. The number of para-hydroxylation sites is 1. The van der Waals surface area contributed by atoms with Crippen LogP contribution in [-0.4, -0.2) is 25.2 Å². The molecule has 0 spiro atoms. The molecule has 86 valence electrons. The van der Waals surface area contributed by atoms with Crippen molar-refractivity contribution in [1.82, 2.24) is 10.3 Å². The van der Waals surface area contributed by atoms with E-state index in [2.05, 4.69) is 10.3 Å². The van der Waals surface area contributed by atoms with Gasteiger partial charge < -0.3 is 15.0 Å². The van der Waals surface area contributed by atoms with Crippen LogP contribution in [0.2, 0.25) is 5.02 Å². The first-order valence-electron chi connectivity index (χ1n) is 5.27. The summed E-state index contributed by atoms with van der Waals surface area (Å²) in [5.74, 6) is 0. The Bertz CT molecular complexity index is 467. The molecule has 0 fully saturated rings. The highest BCUT2D eigenvalue weighted by Gasteiger charge is 2.07. The monoisotopic (exact) mass is 238 g/mol. The quantitative estimate of drug-likeness (QED) is 0.786. The van der Waals surface area contributed by atoms with E-state index in [9.17, 15) is 0 Å². The van der Waals surface area contributed by atoms with Gasteiger partial charge in [-0.2, -0.15) is 0 Å². The predicted molar refractivity (Wildman–Crippen MR) is 66.9 cm³/mol. The van der Waals surface area contributed by atoms with Crippen LogP contribution in [0.3, 0.4) is 0 Å². The third kappa shape index (κ3) is 2.38. The Balaban J connectivity index is 2.09. The summed E-state index contributed by atoms with van der Waals surface area (Å²) in [7, 11) is 1.69. The van der Waals surface area contributed by atoms with Crippen LogP contribution in [0.5, 0.6) is 0 Å². The van der Waals surface area contributed by atoms with Crippen molar-refractivity contribution in [2.45, 2.75) is 6.54 Å². The molecule has 0 unspecified atom stereocenters. The van der Waals surface area contributed by atoms with Crippen LogP contribution in [0.4, 0.5) is 0 Å². The van der Waals surface area contributed by atoms with E-state index in [-0.39, 0.29) is 0 Å². The molecule has 0 bridgehead atoms. The van der Waals surface area contributed by atoms with Crippen LogP contribution in [0.25, 0.3) is 10.9 Å². The van der Waals surface area contributed by atoms with Crippen molar-refractivity contribution in [1.29, 1.82) is 0 Å². The molecule has 0 aliphatic heterocycles. The fraction of sp³-hybridized carbons (Fsp3) is 0.333. The lowest BCUT2D eigenvalue weighted by molar-refractivity contribution is 0.199. The number of rotatable bonds is 5. The van der Waals surface area contributed by atoms with Crippen molar-refractivity contribution in [2.24, 2.45) is 0 Å². The van der Waals surface area contributed by atoms with Crippen LogP contribution in [0.15, 0.2) is 24.3 Å². The molecule has 0 radical (unpaired) electrons. The van der Waals surface area contributed by atoms with Crippen molar-refractivity contribution in [3.63, 3.8) is 0 Å². The molecule has 0 amide bonds. The van der Waals surface area contributed by atoms with Gasteiger partial charge >= 0.3 is 0 Å². The summed E-state index contributed by atoms with van der Waals surface area (Å²) in [5.41, 5.74) is 2.11. The molecular weight excluding hydrogens is 224 g/mol. The molecule has 3 nitrogen and oxygen atoms in total. The van der Waals surface area contributed by atoms with E-state index in [1.165, 1.54) is 0 Å². The van der Waals surface area contributed by atoms with Crippen molar-refractivity contribution in [3.8, 4) is 0 Å². The van der Waals surface area contributed by atoms with Crippen molar-refractivity contribution < 1.29 is 4.74 Å². The molecule has 2 N–H and O–H groups in total. The van der Waals surface area contributed by atoms with Crippen LogP contribution >= 0.6 is 11.6 Å². The van der Waals surface area contributed by atoms with E-state index in [0.717, 1.165) is 34.7 Å². The van der Waals surface area contributed by atoms with Crippen LogP contribution < -0.4 is 5.32 Å². The molecule has 0 aliphatic rings. The van der Waals surface area contributed by atoms with Gasteiger partial charge in [-0.15, -0.1) is 0 Å². The Hall–Kier alpha value is -1.03. The second-order valence-electron chi connectivity index (χ2n) is 3.63. The van der Waals surface area contributed by atoms with Crippen LogP contribution in [0, 0.1) is 0 Å². The van der Waals surface area contributed by atoms with Gasteiger partial charge in [0.15, 0.2) is 0 Å². The van der Waals surface area contributed by atoms with E-state index >= 15 is 0 Å². The van der Waals surface area contributed by atoms with Crippen molar-refractivity contribution >= 4 is 22.5 Å². The summed E-state index contributed by atoms with van der Waals surface area (Å²) in [4.78, 5) is 3.31. The van der Waals surface area contributed by atoms with Gasteiger partial charge in [0, 0.05) is 36.8 Å². The summed E-state index contributed by atoms with van der Waals surface area (Å²) < 4.78 is 4.96. The normalized spacial score (nSPS) is 11.1. The average Bonchev–Trinajstić information content (AvgIpc) is 2.63. The largest absolute Gasteiger partial charge is 0.383 e. The predicted octanol–water partition coefficient (Wildman–Crippen LogP) is 2.56. The number of hydrogen-bond acceptors (Lipinski definition) is 2. The van der Waals surface area contributed by atoms with E-state index < -0.39 is 0 Å². The van der Waals surface area contributed by atoms with Crippen LogP contribution in [0.1, 0.15) is 5.69 Å². The Morgan fingerprint density at radius 3 is 2.94 bits per heavy atom. The lowest BCUT2D eigenvalue weighted by Gasteiger charge is -2.02. The highest BCUT2D eigenvalue weighted by atomic mass is 35.5. The summed E-state index contributed by atoms with van der Waals surface area (Å²) >= 11 is 6.27. The second-order valence-corrected chi connectivity index (χ2v) is 4.01. The molecule has 0 aliphatic carbocycles. The van der Waals surface area contributed by atoms with Gasteiger partial charge in [-0.25, -0.2) is 0 Å². The van der Waals surface area contributed by atoms with Crippen molar-refractivity contribution in [3.05, 3.63) is 35.0 Å². The maximum atomic E-state index is 6.27. The van der Waals surface area contributed by atoms with Gasteiger partial charge in [-0.1, -0.05) is 29.8 Å². The summed E-state index contributed by atoms with van der Waals surface area (Å²) in [6, 6.07) is 8.04. The summed E-state index contributed by atoms with van der Waals surface area (Å²) in [5, 5.41) is 5.15. The van der Waals surface area contributed by atoms with Gasteiger partial charge in [0.25, 0.3) is 0 Å². The molecule has 4 heteroatoms. The first-order valence-corrected chi connectivity index (χ1v) is 5.65. The minimum atomic E-state index is 0.706. The van der Waals surface area contributed by atoms with Crippen molar-refractivity contribution in [2.75, 3.05) is 20.3 Å². The standard InChI is InChI=1S/C12H15ClN2O/c1-16-7-6-14-8-11-12(13)9-4-2-3-5-10(9)15-11/h2-5,14-15H,6-8H2,1H3. The third-order valence-corrected chi connectivity index (χ3v) is 2.93. The van der Waals surface area contributed by atoms with Gasteiger partial charge in [-0.05, 0) is 6.07 Å². The number of benzene rings is 1. The summed E-state index contributed by atoms with van der Waals surface area (Å²) in [6.45, 7) is 2.26. The number of hydrogen-bond donors (Lipinski definition) is 2. The van der Waals surface area contributed by atoms with E-state index in [1.54, 1.807) is 7.11 Å². The number of aromatic amines is 1. The molecule has 1 aromatic carbocycles. The topological polar surface area (TPSA) is 37.0 Å². The molecule has 0 saturated carbocycles. The van der Waals surface area contributed by atoms with Gasteiger partial charge in [-0.3, -0.25) is 0 Å². The maximum Gasteiger partial charge on any atom is 0.0705 e. The first-order chi connectivity index (χ1) is 7.83.